The fourth-order valence-corrected chi connectivity index (χ4v) is 4.90. The van der Waals surface area contributed by atoms with Crippen LogP contribution in [0, 0.1) is 6.92 Å². The van der Waals surface area contributed by atoms with E-state index in [1.165, 1.54) is 6.92 Å². The minimum absolute atomic E-state index is 0.0310. The van der Waals surface area contributed by atoms with E-state index in [0.29, 0.717) is 53.0 Å². The molecule has 3 aromatic rings. The number of amides is 2. The van der Waals surface area contributed by atoms with Crippen molar-refractivity contribution in [1.82, 2.24) is 14.8 Å². The Morgan fingerprint density at radius 3 is 2.28 bits per heavy atom. The largest absolute Gasteiger partial charge is 0.427 e. The Labute approximate surface area is 230 Å². The third-order valence-corrected chi connectivity index (χ3v) is 6.93. The van der Waals surface area contributed by atoms with E-state index in [0.717, 1.165) is 19.3 Å². The number of aromatic nitrogens is 1. The molecule has 2 aromatic carbocycles. The van der Waals surface area contributed by atoms with Gasteiger partial charge in [-0.1, -0.05) is 44.4 Å². The maximum Gasteiger partial charge on any atom is 0.308 e. The Morgan fingerprint density at radius 1 is 0.974 bits per heavy atom. The van der Waals surface area contributed by atoms with Gasteiger partial charge in [-0.2, -0.15) is 0 Å². The minimum Gasteiger partial charge on any atom is -0.427 e. The molecule has 1 atom stereocenters. The molecule has 1 heterocycles. The van der Waals surface area contributed by atoms with Crippen LogP contribution in [0.4, 0.5) is 0 Å². The van der Waals surface area contributed by atoms with E-state index >= 15 is 0 Å². The van der Waals surface area contributed by atoms with Crippen LogP contribution in [0.1, 0.15) is 75.0 Å². The number of unbranched alkanes of at least 4 members (excludes halogenated alkanes) is 2. The smallest absolute Gasteiger partial charge is 0.308 e. The van der Waals surface area contributed by atoms with Crippen LogP contribution in [0.25, 0.3) is 10.9 Å². The molecule has 208 valence electrons. The Morgan fingerprint density at radius 2 is 1.67 bits per heavy atom. The molecule has 0 spiro atoms. The van der Waals surface area contributed by atoms with Crippen molar-refractivity contribution >= 4 is 34.6 Å². The second kappa shape index (κ2) is 13.7. The summed E-state index contributed by atoms with van der Waals surface area (Å²) in [5.74, 6) is -0.742. The van der Waals surface area contributed by atoms with Gasteiger partial charge in [0.05, 0.1) is 11.9 Å². The highest BCUT2D eigenvalue weighted by Crippen LogP contribution is 2.31. The highest BCUT2D eigenvalue weighted by Gasteiger charge is 2.26. The first kappa shape index (κ1) is 29.6. The quantitative estimate of drug-likeness (QED) is 0.200. The van der Waals surface area contributed by atoms with Crippen molar-refractivity contribution < 1.29 is 23.9 Å². The van der Waals surface area contributed by atoms with Crippen LogP contribution in [0.15, 0.2) is 48.5 Å². The highest BCUT2D eigenvalue weighted by atomic mass is 16.5. The van der Waals surface area contributed by atoms with Crippen molar-refractivity contribution in [2.24, 2.45) is 0 Å². The first-order chi connectivity index (χ1) is 18.7. The summed E-state index contributed by atoms with van der Waals surface area (Å²) in [5, 5.41) is 3.61. The number of nitrogens with one attached hydrogen (secondary N) is 1. The van der Waals surface area contributed by atoms with Crippen LogP contribution in [0.3, 0.4) is 0 Å². The van der Waals surface area contributed by atoms with Crippen LogP contribution in [0.2, 0.25) is 0 Å². The van der Waals surface area contributed by atoms with Gasteiger partial charge in [-0.25, -0.2) is 0 Å². The molecule has 1 unspecified atom stereocenters. The molecule has 3 rings (SSSR count). The first-order valence-electron chi connectivity index (χ1n) is 13.7. The van der Waals surface area contributed by atoms with Gasteiger partial charge in [0.15, 0.2) is 0 Å². The molecule has 0 saturated heterocycles. The number of hydrogen-bond donors (Lipinski definition) is 1. The van der Waals surface area contributed by atoms with Gasteiger partial charge in [-0.15, -0.1) is 0 Å². The first-order valence-corrected chi connectivity index (χ1v) is 13.7. The minimum atomic E-state index is -0.611. The average molecular weight is 534 g/mol. The van der Waals surface area contributed by atoms with Crippen molar-refractivity contribution in [3.63, 3.8) is 0 Å². The van der Waals surface area contributed by atoms with Crippen molar-refractivity contribution in [1.29, 1.82) is 0 Å². The van der Waals surface area contributed by atoms with E-state index in [4.69, 9.17) is 4.74 Å². The van der Waals surface area contributed by atoms with Crippen LogP contribution >= 0.6 is 0 Å². The van der Waals surface area contributed by atoms with Crippen molar-refractivity contribution in [3.05, 3.63) is 65.4 Å². The lowest BCUT2D eigenvalue weighted by molar-refractivity contribution is -0.136. The summed E-state index contributed by atoms with van der Waals surface area (Å²) in [4.78, 5) is 53.4. The Hall–Kier alpha value is -3.94. The Kier molecular flexibility index (Phi) is 10.4. The number of rotatable bonds is 12. The van der Waals surface area contributed by atoms with Crippen molar-refractivity contribution in [2.45, 2.75) is 72.8 Å². The van der Waals surface area contributed by atoms with Crippen molar-refractivity contribution in [2.75, 3.05) is 13.1 Å². The molecule has 39 heavy (non-hydrogen) atoms. The molecule has 0 bridgehead atoms. The average Bonchev–Trinajstić information content (AvgIpc) is 3.18. The predicted molar refractivity (Wildman–Crippen MR) is 152 cm³/mol. The van der Waals surface area contributed by atoms with E-state index in [1.807, 2.05) is 19.9 Å². The molecule has 0 aliphatic heterocycles. The topological polar surface area (TPSA) is 97.7 Å². The number of benzene rings is 2. The third-order valence-electron chi connectivity index (χ3n) is 6.93. The molecule has 8 heteroatoms. The third kappa shape index (κ3) is 7.13. The fourth-order valence-electron chi connectivity index (χ4n) is 4.90. The van der Waals surface area contributed by atoms with Crippen molar-refractivity contribution in [3.8, 4) is 5.75 Å². The molecule has 0 saturated carbocycles. The number of ether oxygens (including phenoxy) is 1. The molecular weight excluding hydrogens is 494 g/mol. The predicted octanol–water partition coefficient (Wildman–Crippen LogP) is 5.04. The number of fused-ring (bicyclic) bond motifs is 1. The molecule has 2 amide bonds. The van der Waals surface area contributed by atoms with Gasteiger partial charge >= 0.3 is 5.97 Å². The van der Waals surface area contributed by atoms with E-state index in [9.17, 15) is 19.2 Å². The zero-order valence-electron chi connectivity index (χ0n) is 23.6. The summed E-state index contributed by atoms with van der Waals surface area (Å²) in [6.07, 6.45) is 3.36. The summed E-state index contributed by atoms with van der Waals surface area (Å²) >= 11 is 0. The molecule has 0 aliphatic rings. The van der Waals surface area contributed by atoms with Crippen LogP contribution in [0.5, 0.6) is 5.75 Å². The molecule has 0 radical (unpaired) electrons. The number of carbonyl (C=O) groups excluding carboxylic acids is 4. The zero-order chi connectivity index (χ0) is 28.5. The standard InChI is InChI=1S/C31H39N3O5/c1-6-9-11-16-27(31(38)33(7-2)8-3)32-29(36)20-25-21(4)34(30(37)23-14-12-10-13-15-23)28-18-17-24(19-26(25)28)39-22(5)35/h10,12-15,17-19,27H,6-9,11,16,20H2,1-5H3,(H,32,36). The summed E-state index contributed by atoms with van der Waals surface area (Å²) in [7, 11) is 0. The summed E-state index contributed by atoms with van der Waals surface area (Å²) in [6, 6.07) is 13.4. The number of hydrogen-bond acceptors (Lipinski definition) is 5. The van der Waals surface area contributed by atoms with Crippen LogP contribution < -0.4 is 10.1 Å². The SMILES string of the molecule is CCCCCC(NC(=O)Cc1c(C)n(C(=O)c2ccccc2)c2ccc(OC(C)=O)cc12)C(=O)N(CC)CC. The molecule has 0 aliphatic carbocycles. The second-order valence-corrected chi connectivity index (χ2v) is 9.65. The van der Waals surface area contributed by atoms with Gasteiger partial charge in [-0.3, -0.25) is 23.7 Å². The summed E-state index contributed by atoms with van der Waals surface area (Å²) in [6.45, 7) is 10.2. The fraction of sp³-hybridized carbons (Fsp3) is 0.419. The summed E-state index contributed by atoms with van der Waals surface area (Å²) < 4.78 is 6.88. The van der Waals surface area contributed by atoms with Crippen LogP contribution in [-0.2, 0) is 20.8 Å². The second-order valence-electron chi connectivity index (χ2n) is 9.65. The maximum atomic E-state index is 13.5. The van der Waals surface area contributed by atoms with Crippen LogP contribution in [-0.4, -0.2) is 52.3 Å². The van der Waals surface area contributed by atoms with Gasteiger partial charge in [0, 0.05) is 36.7 Å². The number of carbonyl (C=O) groups is 4. The molecular formula is C31H39N3O5. The van der Waals surface area contributed by atoms with E-state index < -0.39 is 12.0 Å². The Balaban J connectivity index is 2.00. The molecule has 8 nitrogen and oxygen atoms in total. The van der Waals surface area contributed by atoms with Gasteiger partial charge in [-0.05, 0) is 63.1 Å². The molecule has 1 N–H and O–H groups in total. The summed E-state index contributed by atoms with van der Waals surface area (Å²) in [5.41, 5.74) is 2.38. The van der Waals surface area contributed by atoms with E-state index in [1.54, 1.807) is 58.9 Å². The lowest BCUT2D eigenvalue weighted by atomic mass is 10.0. The highest BCUT2D eigenvalue weighted by molar-refractivity contribution is 6.05. The number of nitrogens with zero attached hydrogens (tertiary/aromatic N) is 2. The van der Waals surface area contributed by atoms with Gasteiger partial charge in [0.2, 0.25) is 11.8 Å². The lowest BCUT2D eigenvalue weighted by Gasteiger charge is -2.26. The van der Waals surface area contributed by atoms with E-state index in [-0.39, 0.29) is 24.1 Å². The normalized spacial score (nSPS) is 11.7. The van der Waals surface area contributed by atoms with Gasteiger partial charge in [0.1, 0.15) is 11.8 Å². The maximum absolute atomic E-state index is 13.5. The monoisotopic (exact) mass is 533 g/mol. The molecule has 1 aromatic heterocycles. The lowest BCUT2D eigenvalue weighted by Crippen LogP contribution is -2.49. The molecule has 0 fully saturated rings. The number of likely N-dealkylation sites (N-methyl/N-ethyl adjacent to an activating group) is 1. The van der Waals surface area contributed by atoms with E-state index in [2.05, 4.69) is 12.2 Å². The van der Waals surface area contributed by atoms with Gasteiger partial charge < -0.3 is 15.0 Å². The number of esters is 1. The zero-order valence-corrected chi connectivity index (χ0v) is 23.6. The Bertz CT molecular complexity index is 1320. The van der Waals surface area contributed by atoms with Gasteiger partial charge in [0.25, 0.3) is 5.91 Å².